The van der Waals surface area contributed by atoms with Gasteiger partial charge in [-0.15, -0.1) is 0 Å². The number of alkyl halides is 3. The minimum atomic E-state index is -5.57. The van der Waals surface area contributed by atoms with E-state index < -0.39 is 57.5 Å². The molecule has 2 heterocycles. The van der Waals surface area contributed by atoms with Crippen molar-refractivity contribution in [2.24, 2.45) is 0 Å². The summed E-state index contributed by atoms with van der Waals surface area (Å²) in [6.07, 6.45) is -5.57. The van der Waals surface area contributed by atoms with Crippen LogP contribution in [0.4, 0.5) is 23.4 Å². The number of halogens is 4. The highest BCUT2D eigenvalue weighted by Gasteiger charge is 2.68. The minimum Gasteiger partial charge on any atom is -0.493 e. The van der Waals surface area contributed by atoms with Gasteiger partial charge in [-0.05, 0) is 36.4 Å². The summed E-state index contributed by atoms with van der Waals surface area (Å²) in [7, 11) is 3.70. The number of fused-ring (bicyclic) bond motifs is 1. The third-order valence-electron chi connectivity index (χ3n) is 5.80. The van der Waals surface area contributed by atoms with Crippen LogP contribution in [0.25, 0.3) is 5.69 Å². The molecular weight excluding hydrogens is 520 g/mol. The van der Waals surface area contributed by atoms with Gasteiger partial charge in [0.25, 0.3) is 22.9 Å². The predicted octanol–water partition coefficient (Wildman–Crippen LogP) is 1.83. The van der Waals surface area contributed by atoms with Crippen molar-refractivity contribution in [2.75, 3.05) is 26.6 Å². The molecule has 0 bridgehead atoms. The van der Waals surface area contributed by atoms with Gasteiger partial charge in [-0.25, -0.2) is 13.8 Å². The summed E-state index contributed by atoms with van der Waals surface area (Å²) in [4.78, 5) is 53.1. The molecule has 4 rings (SSSR count). The second-order valence-corrected chi connectivity index (χ2v) is 7.86. The molecule has 15 heteroatoms. The van der Waals surface area contributed by atoms with Crippen molar-refractivity contribution >= 4 is 17.6 Å². The van der Waals surface area contributed by atoms with Crippen molar-refractivity contribution < 1.29 is 41.4 Å². The van der Waals surface area contributed by atoms with E-state index in [-0.39, 0.29) is 22.9 Å². The fourth-order valence-corrected chi connectivity index (χ4v) is 4.07. The highest BCUT2D eigenvalue weighted by Crippen LogP contribution is 2.46. The quantitative estimate of drug-likeness (QED) is 0.407. The molecule has 2 amide bonds. The fourth-order valence-electron chi connectivity index (χ4n) is 4.07. The van der Waals surface area contributed by atoms with Gasteiger partial charge in [0.05, 0.1) is 27.0 Å². The lowest BCUT2D eigenvalue weighted by molar-refractivity contribution is -0.196. The number of carbonyl (C=O) groups is 2. The van der Waals surface area contributed by atoms with Crippen LogP contribution in [0.3, 0.4) is 0 Å². The molecule has 2 aromatic carbocycles. The normalized spacial score (nSPS) is 16.4. The first-order valence-electron chi connectivity index (χ1n) is 10.6. The maximum Gasteiger partial charge on any atom is 0.425 e. The van der Waals surface area contributed by atoms with E-state index in [0.717, 1.165) is 36.4 Å². The van der Waals surface area contributed by atoms with Gasteiger partial charge in [0.2, 0.25) is 5.75 Å². The van der Waals surface area contributed by atoms with Gasteiger partial charge in [0, 0.05) is 5.56 Å². The fraction of sp³-hybridized carbons (Fsp3) is 0.217. The average molecular weight is 538 g/mol. The van der Waals surface area contributed by atoms with Crippen LogP contribution in [0, 0.1) is 5.82 Å². The zero-order valence-corrected chi connectivity index (χ0v) is 19.8. The summed E-state index contributed by atoms with van der Waals surface area (Å²) in [5, 5.41) is 3.50. The molecule has 0 saturated carbocycles. The van der Waals surface area contributed by atoms with Crippen LogP contribution < -0.4 is 36.1 Å². The van der Waals surface area contributed by atoms with Gasteiger partial charge < -0.3 is 24.8 Å². The van der Waals surface area contributed by atoms with E-state index in [1.165, 1.54) is 21.3 Å². The number of nitrogens with zero attached hydrogens (tertiary/aromatic N) is 1. The number of hydrogen-bond donors (Lipinski definition) is 3. The van der Waals surface area contributed by atoms with Gasteiger partial charge >= 0.3 is 11.9 Å². The van der Waals surface area contributed by atoms with Crippen molar-refractivity contribution in [2.45, 2.75) is 11.7 Å². The molecule has 0 fully saturated rings. The molecule has 1 atom stereocenters. The molecular formula is C23H18F4N4O7. The molecule has 1 aliphatic rings. The Bertz CT molecular complexity index is 1540. The van der Waals surface area contributed by atoms with E-state index in [4.69, 9.17) is 14.2 Å². The number of methoxy groups -OCH3 is 3. The average Bonchev–Trinajstić information content (AvgIpc) is 3.16. The van der Waals surface area contributed by atoms with Crippen molar-refractivity contribution in [1.29, 1.82) is 0 Å². The molecule has 11 nitrogen and oxygen atoms in total. The number of ether oxygens (including phenoxy) is 3. The molecule has 1 aromatic heterocycles. The zero-order chi connectivity index (χ0) is 28.0. The van der Waals surface area contributed by atoms with E-state index in [1.54, 1.807) is 10.3 Å². The summed E-state index contributed by atoms with van der Waals surface area (Å²) in [5.74, 6) is -4.96. The van der Waals surface area contributed by atoms with Crippen LogP contribution in [0.1, 0.15) is 15.9 Å². The Morgan fingerprint density at radius 3 is 2.05 bits per heavy atom. The first-order chi connectivity index (χ1) is 17.9. The first-order valence-corrected chi connectivity index (χ1v) is 10.6. The number of nitrogens with one attached hydrogen (secondary N) is 3. The Morgan fingerprint density at radius 2 is 1.55 bits per heavy atom. The number of aromatic amines is 1. The van der Waals surface area contributed by atoms with Crippen molar-refractivity contribution in [3.8, 4) is 22.9 Å². The minimum absolute atomic E-state index is 0.0424. The van der Waals surface area contributed by atoms with E-state index in [0.29, 0.717) is 4.57 Å². The third kappa shape index (κ3) is 3.91. The number of anilines is 1. The maximum atomic E-state index is 14.7. The lowest BCUT2D eigenvalue weighted by atomic mass is 9.91. The standard InChI is InChI=1S/C23H18F4N4O7/c1-36-13-8-10(9-14(37-2)16(13)38-3)18(32)30-22(23(25,26)27)15-17(28-20(22)34)31(21(35)29-19(15)33)12-6-4-11(24)5-7-12/h4-9H,1-3H3,(H,28,34)(H,30,32)(H,29,33,35). The second-order valence-electron chi connectivity index (χ2n) is 7.86. The first kappa shape index (κ1) is 26.2. The van der Waals surface area contributed by atoms with Crippen LogP contribution in [-0.4, -0.2) is 48.9 Å². The molecule has 0 spiro atoms. The molecule has 200 valence electrons. The number of amides is 2. The second kappa shape index (κ2) is 9.24. The lowest BCUT2D eigenvalue weighted by Crippen LogP contribution is -2.62. The van der Waals surface area contributed by atoms with Crippen LogP contribution >= 0.6 is 0 Å². The lowest BCUT2D eigenvalue weighted by Gasteiger charge is -2.30. The Labute approximate surface area is 209 Å². The SMILES string of the molecule is COc1cc(C(=O)NC2(C(F)(F)F)C(=O)Nc3c2c(=O)[nH]c(=O)n3-c2ccc(F)cc2)cc(OC)c1OC. The highest BCUT2D eigenvalue weighted by atomic mass is 19.4. The van der Waals surface area contributed by atoms with Gasteiger partial charge in [-0.3, -0.25) is 19.4 Å². The molecule has 0 saturated heterocycles. The Morgan fingerprint density at radius 1 is 0.974 bits per heavy atom. The Kier molecular flexibility index (Phi) is 6.38. The van der Waals surface area contributed by atoms with Crippen LogP contribution in [0.2, 0.25) is 0 Å². The third-order valence-corrected chi connectivity index (χ3v) is 5.80. The number of hydrogen-bond acceptors (Lipinski definition) is 7. The van der Waals surface area contributed by atoms with Gasteiger partial charge in [-0.1, -0.05) is 0 Å². The highest BCUT2D eigenvalue weighted by molar-refractivity contribution is 6.09. The van der Waals surface area contributed by atoms with Crippen LogP contribution in [-0.2, 0) is 10.3 Å². The molecule has 38 heavy (non-hydrogen) atoms. The molecule has 1 unspecified atom stereocenters. The van der Waals surface area contributed by atoms with E-state index in [2.05, 4.69) is 0 Å². The van der Waals surface area contributed by atoms with Crippen LogP contribution in [0.15, 0.2) is 46.0 Å². The Hall–Kier alpha value is -4.82. The van der Waals surface area contributed by atoms with Crippen molar-refractivity contribution in [3.63, 3.8) is 0 Å². The smallest absolute Gasteiger partial charge is 0.425 e. The molecule has 3 N–H and O–H groups in total. The summed E-state index contributed by atoms with van der Waals surface area (Å²) in [6.45, 7) is 0. The summed E-state index contributed by atoms with van der Waals surface area (Å²) < 4.78 is 73.3. The summed E-state index contributed by atoms with van der Waals surface area (Å²) in [5.41, 5.74) is -8.60. The number of aromatic nitrogens is 2. The molecule has 0 radical (unpaired) electrons. The van der Waals surface area contributed by atoms with Gasteiger partial charge in [0.15, 0.2) is 11.5 Å². The topological polar surface area (TPSA) is 141 Å². The van der Waals surface area contributed by atoms with E-state index in [1.807, 2.05) is 5.32 Å². The van der Waals surface area contributed by atoms with Gasteiger partial charge in [0.1, 0.15) is 17.2 Å². The predicted molar refractivity (Wildman–Crippen MR) is 123 cm³/mol. The Balaban J connectivity index is 1.94. The summed E-state index contributed by atoms with van der Waals surface area (Å²) >= 11 is 0. The number of benzene rings is 2. The number of H-pyrrole nitrogens is 1. The molecule has 1 aliphatic heterocycles. The number of rotatable bonds is 6. The maximum absolute atomic E-state index is 14.7. The largest absolute Gasteiger partial charge is 0.493 e. The summed E-state index contributed by atoms with van der Waals surface area (Å²) in [6, 6.07) is 6.00. The molecule has 3 aromatic rings. The van der Waals surface area contributed by atoms with Crippen molar-refractivity contribution in [3.05, 3.63) is 74.2 Å². The van der Waals surface area contributed by atoms with Crippen LogP contribution in [0.5, 0.6) is 17.2 Å². The van der Waals surface area contributed by atoms with Crippen molar-refractivity contribution in [1.82, 2.24) is 14.9 Å². The zero-order valence-electron chi connectivity index (χ0n) is 19.8. The van der Waals surface area contributed by atoms with E-state index >= 15 is 0 Å². The number of carbonyl (C=O) groups excluding carboxylic acids is 2. The monoisotopic (exact) mass is 538 g/mol. The van der Waals surface area contributed by atoms with Gasteiger partial charge in [-0.2, -0.15) is 13.2 Å². The molecule has 0 aliphatic carbocycles. The van der Waals surface area contributed by atoms with E-state index in [9.17, 15) is 36.7 Å².